The van der Waals surface area contributed by atoms with E-state index in [4.69, 9.17) is 4.74 Å². The van der Waals surface area contributed by atoms with Crippen molar-refractivity contribution in [2.45, 2.75) is 62.0 Å². The number of hydrogen-bond acceptors (Lipinski definition) is 5. The van der Waals surface area contributed by atoms with Crippen molar-refractivity contribution in [3.05, 3.63) is 65.3 Å². The van der Waals surface area contributed by atoms with Crippen LogP contribution in [0.3, 0.4) is 0 Å². The van der Waals surface area contributed by atoms with Crippen LogP contribution in [0.15, 0.2) is 64.6 Å². The number of carbonyl (C=O) groups excluding carboxylic acids is 2. The summed E-state index contributed by atoms with van der Waals surface area (Å²) in [6.07, 6.45) is 9.23. The lowest BCUT2D eigenvalue weighted by molar-refractivity contribution is -0.154. The predicted molar refractivity (Wildman–Crippen MR) is 130 cm³/mol. The van der Waals surface area contributed by atoms with Gasteiger partial charge < -0.3 is 9.84 Å². The molecule has 1 heterocycles. The van der Waals surface area contributed by atoms with E-state index in [1.54, 1.807) is 11.8 Å². The standard InChI is InChI=1S/C28H32O4S/c1-4-24(30)28(31)14-13-23-22-11-7-18-15-19(29)8-12-21(18)25(22)26(32-16-27(23,28)2)17-5-9-20(33-3)10-6-17/h4-6,9-10,15,22-23,26,31H,1,7-8,11-14,16H2,2-3H3. The van der Waals surface area contributed by atoms with Gasteiger partial charge in [-0.05, 0) is 96.8 Å². The van der Waals surface area contributed by atoms with E-state index in [0.717, 1.165) is 36.8 Å². The van der Waals surface area contributed by atoms with Crippen LogP contribution in [0.25, 0.3) is 0 Å². The van der Waals surface area contributed by atoms with E-state index < -0.39 is 11.0 Å². The molecule has 5 rings (SSSR count). The highest BCUT2D eigenvalue weighted by Gasteiger charge is 2.63. The number of allylic oxidation sites excluding steroid dienone is 3. The summed E-state index contributed by atoms with van der Waals surface area (Å²) >= 11 is 1.71. The van der Waals surface area contributed by atoms with Gasteiger partial charge in [-0.1, -0.05) is 25.6 Å². The number of rotatable bonds is 4. The third-order valence-electron chi connectivity index (χ3n) is 8.73. The Bertz CT molecular complexity index is 1070. The summed E-state index contributed by atoms with van der Waals surface area (Å²) < 4.78 is 6.69. The Morgan fingerprint density at radius 1 is 1.21 bits per heavy atom. The normalized spacial score (nSPS) is 35.8. The first-order chi connectivity index (χ1) is 15.8. The number of hydrogen-bond donors (Lipinski definition) is 1. The van der Waals surface area contributed by atoms with E-state index >= 15 is 0 Å². The van der Waals surface area contributed by atoms with Crippen molar-refractivity contribution in [2.75, 3.05) is 12.9 Å². The largest absolute Gasteiger partial charge is 0.381 e. The first-order valence-electron chi connectivity index (χ1n) is 11.9. The SMILES string of the molecule is C=CC(=O)C1(O)CCC2C3CCC4=CC(=O)CCC4=C3C(c3ccc(SC)cc3)OCC21C. The first-order valence-corrected chi connectivity index (χ1v) is 13.2. The van der Waals surface area contributed by atoms with Crippen LogP contribution >= 0.6 is 11.8 Å². The van der Waals surface area contributed by atoms with E-state index in [2.05, 4.69) is 37.1 Å². The molecule has 174 valence electrons. The third kappa shape index (κ3) is 3.43. The van der Waals surface area contributed by atoms with Crippen molar-refractivity contribution in [1.29, 1.82) is 0 Å². The molecule has 1 N–H and O–H groups in total. The zero-order valence-electron chi connectivity index (χ0n) is 19.4. The Balaban J connectivity index is 1.67. The fourth-order valence-electron chi connectivity index (χ4n) is 6.90. The highest BCUT2D eigenvalue weighted by atomic mass is 32.2. The molecule has 1 aromatic rings. The molecular formula is C28H32O4S. The summed E-state index contributed by atoms with van der Waals surface area (Å²) in [6, 6.07) is 8.52. The lowest BCUT2D eigenvalue weighted by Gasteiger charge is -2.43. The summed E-state index contributed by atoms with van der Waals surface area (Å²) in [5.74, 6) is 0.269. The maximum Gasteiger partial charge on any atom is 0.187 e. The van der Waals surface area contributed by atoms with Gasteiger partial charge in [-0.3, -0.25) is 9.59 Å². The van der Waals surface area contributed by atoms with Crippen LogP contribution < -0.4 is 0 Å². The quantitative estimate of drug-likeness (QED) is 0.479. The molecule has 0 spiro atoms. The number of ketones is 2. The lowest BCUT2D eigenvalue weighted by Crippen LogP contribution is -2.53. The Hall–Kier alpha value is -1.95. The van der Waals surface area contributed by atoms with Crippen LogP contribution in [0.5, 0.6) is 0 Å². The predicted octanol–water partition coefficient (Wildman–Crippen LogP) is 5.38. The number of benzene rings is 1. The average Bonchev–Trinajstić information content (AvgIpc) is 3.01. The first kappa shape index (κ1) is 22.8. The molecule has 1 aliphatic heterocycles. The number of ether oxygens (including phenoxy) is 1. The second kappa shape index (κ2) is 8.37. The maximum absolute atomic E-state index is 12.9. The fraction of sp³-hybridized carbons (Fsp3) is 0.500. The Morgan fingerprint density at radius 3 is 2.67 bits per heavy atom. The van der Waals surface area contributed by atoms with Gasteiger partial charge in [-0.2, -0.15) is 0 Å². The van der Waals surface area contributed by atoms with Crippen molar-refractivity contribution in [2.24, 2.45) is 17.3 Å². The second-order valence-electron chi connectivity index (χ2n) is 10.2. The fourth-order valence-corrected chi connectivity index (χ4v) is 7.31. The van der Waals surface area contributed by atoms with Gasteiger partial charge in [0, 0.05) is 16.7 Å². The highest BCUT2D eigenvalue weighted by Crippen LogP contribution is 2.62. The van der Waals surface area contributed by atoms with Gasteiger partial charge in [0.05, 0.1) is 6.61 Å². The van der Waals surface area contributed by atoms with Crippen LogP contribution in [-0.2, 0) is 14.3 Å². The van der Waals surface area contributed by atoms with Crippen molar-refractivity contribution >= 4 is 23.3 Å². The van der Waals surface area contributed by atoms with Gasteiger partial charge in [0.15, 0.2) is 11.6 Å². The molecular weight excluding hydrogens is 432 g/mol. The molecule has 1 saturated carbocycles. The number of carbonyl (C=O) groups is 2. The molecule has 1 aromatic carbocycles. The van der Waals surface area contributed by atoms with Crippen LogP contribution in [0.1, 0.15) is 57.1 Å². The summed E-state index contributed by atoms with van der Waals surface area (Å²) in [5.41, 5.74) is 2.67. The molecule has 3 aliphatic carbocycles. The molecule has 5 heteroatoms. The van der Waals surface area contributed by atoms with E-state index in [-0.39, 0.29) is 29.5 Å². The smallest absolute Gasteiger partial charge is 0.187 e. The number of aliphatic hydroxyl groups is 1. The van der Waals surface area contributed by atoms with E-state index in [9.17, 15) is 14.7 Å². The molecule has 0 amide bonds. The number of thioether (sulfide) groups is 1. The van der Waals surface area contributed by atoms with Crippen molar-refractivity contribution in [3.8, 4) is 0 Å². The van der Waals surface area contributed by atoms with Crippen LogP contribution in [0.4, 0.5) is 0 Å². The molecule has 4 nitrogen and oxygen atoms in total. The van der Waals surface area contributed by atoms with Gasteiger partial charge in [0.2, 0.25) is 0 Å². The van der Waals surface area contributed by atoms with E-state index in [0.29, 0.717) is 19.4 Å². The monoisotopic (exact) mass is 464 g/mol. The summed E-state index contributed by atoms with van der Waals surface area (Å²) in [4.78, 5) is 26.3. The molecule has 1 saturated heterocycles. The molecule has 2 fully saturated rings. The minimum Gasteiger partial charge on any atom is -0.381 e. The van der Waals surface area contributed by atoms with Crippen molar-refractivity contribution < 1.29 is 19.4 Å². The maximum atomic E-state index is 12.9. The van der Waals surface area contributed by atoms with Gasteiger partial charge in [-0.25, -0.2) is 0 Å². The zero-order valence-corrected chi connectivity index (χ0v) is 20.2. The minimum absolute atomic E-state index is 0.142. The summed E-state index contributed by atoms with van der Waals surface area (Å²) in [6.45, 7) is 6.01. The van der Waals surface area contributed by atoms with Crippen molar-refractivity contribution in [3.63, 3.8) is 0 Å². The molecule has 0 radical (unpaired) electrons. The highest BCUT2D eigenvalue weighted by molar-refractivity contribution is 7.98. The zero-order chi connectivity index (χ0) is 23.4. The summed E-state index contributed by atoms with van der Waals surface area (Å²) in [7, 11) is 0. The van der Waals surface area contributed by atoms with E-state index in [1.807, 2.05) is 13.0 Å². The van der Waals surface area contributed by atoms with Gasteiger partial charge in [0.1, 0.15) is 11.7 Å². The second-order valence-corrected chi connectivity index (χ2v) is 11.1. The molecule has 5 atom stereocenters. The lowest BCUT2D eigenvalue weighted by atomic mass is 9.61. The molecule has 0 bridgehead atoms. The van der Waals surface area contributed by atoms with Crippen LogP contribution in [0, 0.1) is 17.3 Å². The Labute approximate surface area is 200 Å². The van der Waals surface area contributed by atoms with Gasteiger partial charge in [0.25, 0.3) is 0 Å². The Kier molecular flexibility index (Phi) is 5.79. The Morgan fingerprint density at radius 2 is 1.97 bits per heavy atom. The van der Waals surface area contributed by atoms with Crippen LogP contribution in [0.2, 0.25) is 0 Å². The minimum atomic E-state index is -1.45. The van der Waals surface area contributed by atoms with Gasteiger partial charge >= 0.3 is 0 Å². The molecule has 4 aliphatic rings. The van der Waals surface area contributed by atoms with Crippen molar-refractivity contribution in [1.82, 2.24) is 0 Å². The number of fused-ring (bicyclic) bond motifs is 4. The third-order valence-corrected chi connectivity index (χ3v) is 9.47. The molecule has 0 aromatic heterocycles. The molecule has 33 heavy (non-hydrogen) atoms. The van der Waals surface area contributed by atoms with Crippen LogP contribution in [-0.4, -0.2) is 35.1 Å². The topological polar surface area (TPSA) is 63.6 Å². The summed E-state index contributed by atoms with van der Waals surface area (Å²) in [5, 5.41) is 11.6. The van der Waals surface area contributed by atoms with E-state index in [1.165, 1.54) is 22.1 Å². The van der Waals surface area contributed by atoms with Gasteiger partial charge in [-0.15, -0.1) is 11.8 Å². The average molecular weight is 465 g/mol. The molecule has 5 unspecified atom stereocenters.